The van der Waals surface area contributed by atoms with E-state index >= 15 is 0 Å². The van der Waals surface area contributed by atoms with Crippen molar-refractivity contribution in [2.24, 2.45) is 0 Å². The molecule has 0 aromatic heterocycles. The third-order valence-electron chi connectivity index (χ3n) is 5.22. The third kappa shape index (κ3) is 4.40. The van der Waals surface area contributed by atoms with Crippen LogP contribution in [0, 0.1) is 0 Å². The first-order valence-electron chi connectivity index (χ1n) is 9.27. The number of nitrogens with zero attached hydrogens (tertiary/aromatic N) is 2. The number of nitrogens with one attached hydrogen (secondary N) is 1. The molecule has 0 unspecified atom stereocenters. The number of amides is 2. The summed E-state index contributed by atoms with van der Waals surface area (Å²) in [5.74, 6) is 1.34. The van der Waals surface area contributed by atoms with Crippen LogP contribution in [0.5, 0.6) is 11.5 Å². The van der Waals surface area contributed by atoms with E-state index in [1.807, 2.05) is 23.1 Å². The number of ether oxygens (including phenoxy) is 3. The second-order valence-electron chi connectivity index (χ2n) is 6.68. The van der Waals surface area contributed by atoms with Crippen LogP contribution in [0.2, 0.25) is 0 Å². The van der Waals surface area contributed by atoms with Crippen molar-refractivity contribution < 1.29 is 19.0 Å². The Morgan fingerprint density at radius 1 is 1.15 bits per heavy atom. The Balaban J connectivity index is 1.49. The zero-order valence-electron chi connectivity index (χ0n) is 15.7. The number of piperazine rings is 1. The highest BCUT2D eigenvalue weighted by molar-refractivity contribution is 5.74. The fourth-order valence-electron chi connectivity index (χ4n) is 3.72. The van der Waals surface area contributed by atoms with Gasteiger partial charge < -0.3 is 24.4 Å². The Morgan fingerprint density at radius 2 is 1.88 bits per heavy atom. The molecule has 1 aromatic rings. The molecule has 7 nitrogen and oxygen atoms in total. The number of carbonyl (C=O) groups excluding carboxylic acids is 1. The topological polar surface area (TPSA) is 63.3 Å². The van der Waals surface area contributed by atoms with E-state index in [1.54, 1.807) is 14.2 Å². The lowest BCUT2D eigenvalue weighted by Crippen LogP contribution is -2.54. The SMILES string of the molecule is COc1cccc(CNC(=O)N2CCN(C3CCOCC3)CC2)c1OC. The summed E-state index contributed by atoms with van der Waals surface area (Å²) in [6.45, 7) is 5.51. The Hall–Kier alpha value is -1.99. The molecular formula is C19H29N3O4. The van der Waals surface area contributed by atoms with Gasteiger partial charge in [0.25, 0.3) is 0 Å². The van der Waals surface area contributed by atoms with Crippen molar-refractivity contribution in [3.05, 3.63) is 23.8 Å². The first kappa shape index (κ1) is 18.8. The van der Waals surface area contributed by atoms with Crippen LogP contribution in [0.1, 0.15) is 18.4 Å². The molecule has 7 heteroatoms. The highest BCUT2D eigenvalue weighted by Gasteiger charge is 2.27. The van der Waals surface area contributed by atoms with Gasteiger partial charge in [-0.05, 0) is 18.9 Å². The minimum atomic E-state index is -0.0264. The van der Waals surface area contributed by atoms with Gasteiger partial charge in [-0.1, -0.05) is 12.1 Å². The van der Waals surface area contributed by atoms with Crippen LogP contribution in [-0.2, 0) is 11.3 Å². The second-order valence-corrected chi connectivity index (χ2v) is 6.68. The van der Waals surface area contributed by atoms with Gasteiger partial charge >= 0.3 is 6.03 Å². The summed E-state index contributed by atoms with van der Waals surface area (Å²) in [7, 11) is 3.22. The summed E-state index contributed by atoms with van der Waals surface area (Å²) in [5.41, 5.74) is 0.904. The van der Waals surface area contributed by atoms with Crippen molar-refractivity contribution >= 4 is 6.03 Å². The second kappa shape index (κ2) is 9.09. The lowest BCUT2D eigenvalue weighted by molar-refractivity contribution is 0.0187. The van der Waals surface area contributed by atoms with E-state index in [2.05, 4.69) is 10.2 Å². The van der Waals surface area contributed by atoms with Gasteiger partial charge in [0, 0.05) is 57.5 Å². The highest BCUT2D eigenvalue weighted by Crippen LogP contribution is 2.30. The summed E-state index contributed by atoms with van der Waals surface area (Å²) in [6.07, 6.45) is 2.20. The van der Waals surface area contributed by atoms with Crippen LogP contribution < -0.4 is 14.8 Å². The molecule has 3 rings (SSSR count). The third-order valence-corrected chi connectivity index (χ3v) is 5.22. The van der Waals surface area contributed by atoms with Crippen LogP contribution in [0.15, 0.2) is 18.2 Å². The molecule has 26 heavy (non-hydrogen) atoms. The lowest BCUT2D eigenvalue weighted by atomic mass is 10.1. The number of urea groups is 1. The van der Waals surface area contributed by atoms with Gasteiger partial charge in [0.2, 0.25) is 0 Å². The molecule has 0 atom stereocenters. The zero-order chi connectivity index (χ0) is 18.4. The van der Waals surface area contributed by atoms with E-state index in [4.69, 9.17) is 14.2 Å². The van der Waals surface area contributed by atoms with Crippen LogP contribution in [-0.4, -0.2) is 75.5 Å². The maximum Gasteiger partial charge on any atom is 0.317 e. The van der Waals surface area contributed by atoms with E-state index in [0.717, 1.165) is 57.8 Å². The van der Waals surface area contributed by atoms with E-state index in [1.165, 1.54) is 0 Å². The molecule has 2 aliphatic heterocycles. The molecule has 0 aliphatic carbocycles. The number of hydrogen-bond donors (Lipinski definition) is 1. The molecule has 2 fully saturated rings. The minimum absolute atomic E-state index is 0.0264. The zero-order valence-corrected chi connectivity index (χ0v) is 15.7. The number of carbonyl (C=O) groups is 1. The normalized spacial score (nSPS) is 19.2. The first-order valence-corrected chi connectivity index (χ1v) is 9.27. The fourth-order valence-corrected chi connectivity index (χ4v) is 3.72. The Kier molecular flexibility index (Phi) is 6.57. The quantitative estimate of drug-likeness (QED) is 0.863. The molecular weight excluding hydrogens is 334 g/mol. The Labute approximate surface area is 155 Å². The number of para-hydroxylation sites is 1. The van der Waals surface area contributed by atoms with Gasteiger partial charge in [-0.3, -0.25) is 4.90 Å². The standard InChI is InChI=1S/C19H29N3O4/c1-24-17-5-3-4-15(18(17)25-2)14-20-19(23)22-10-8-21(9-11-22)16-6-12-26-13-7-16/h3-5,16H,6-14H2,1-2H3,(H,20,23). The monoisotopic (exact) mass is 363 g/mol. The first-order chi connectivity index (χ1) is 12.7. The van der Waals surface area contributed by atoms with Gasteiger partial charge in [-0.2, -0.15) is 0 Å². The van der Waals surface area contributed by atoms with Gasteiger partial charge in [-0.15, -0.1) is 0 Å². The predicted molar refractivity (Wildman–Crippen MR) is 98.8 cm³/mol. The maximum absolute atomic E-state index is 12.5. The summed E-state index contributed by atoms with van der Waals surface area (Å²) >= 11 is 0. The van der Waals surface area contributed by atoms with E-state index < -0.39 is 0 Å². The molecule has 0 spiro atoms. The van der Waals surface area contributed by atoms with Crippen molar-refractivity contribution in [3.8, 4) is 11.5 Å². The lowest BCUT2D eigenvalue weighted by Gasteiger charge is -2.40. The summed E-state index contributed by atoms with van der Waals surface area (Å²) in [5, 5.41) is 3.00. The molecule has 1 N–H and O–H groups in total. The molecule has 2 amide bonds. The average molecular weight is 363 g/mol. The van der Waals surface area contributed by atoms with Gasteiger partial charge in [0.05, 0.1) is 14.2 Å². The smallest absolute Gasteiger partial charge is 0.317 e. The van der Waals surface area contributed by atoms with Gasteiger partial charge in [-0.25, -0.2) is 4.79 Å². The summed E-state index contributed by atoms with van der Waals surface area (Å²) < 4.78 is 16.2. The number of hydrogen-bond acceptors (Lipinski definition) is 5. The minimum Gasteiger partial charge on any atom is -0.493 e. The molecule has 0 bridgehead atoms. The Morgan fingerprint density at radius 3 is 2.54 bits per heavy atom. The van der Waals surface area contributed by atoms with E-state index in [0.29, 0.717) is 24.1 Å². The van der Waals surface area contributed by atoms with Crippen molar-refractivity contribution in [1.29, 1.82) is 0 Å². The fraction of sp³-hybridized carbons (Fsp3) is 0.632. The summed E-state index contributed by atoms with van der Waals surface area (Å²) in [6, 6.07) is 6.26. The van der Waals surface area contributed by atoms with Crippen LogP contribution in [0.4, 0.5) is 4.79 Å². The molecule has 144 valence electrons. The Bertz CT molecular complexity index is 596. The average Bonchev–Trinajstić information content (AvgIpc) is 2.72. The number of benzene rings is 1. The maximum atomic E-state index is 12.5. The van der Waals surface area contributed by atoms with Crippen LogP contribution in [0.25, 0.3) is 0 Å². The van der Waals surface area contributed by atoms with Gasteiger partial charge in [0.1, 0.15) is 0 Å². The van der Waals surface area contributed by atoms with Crippen molar-refractivity contribution in [1.82, 2.24) is 15.1 Å². The molecule has 0 saturated carbocycles. The largest absolute Gasteiger partial charge is 0.493 e. The molecule has 0 radical (unpaired) electrons. The molecule has 2 aliphatic rings. The molecule has 1 aromatic carbocycles. The number of rotatable bonds is 5. The van der Waals surface area contributed by atoms with E-state index in [9.17, 15) is 4.79 Å². The van der Waals surface area contributed by atoms with Crippen LogP contribution >= 0.6 is 0 Å². The summed E-state index contributed by atoms with van der Waals surface area (Å²) in [4.78, 5) is 16.9. The molecule has 2 heterocycles. The van der Waals surface area contributed by atoms with Crippen molar-refractivity contribution in [3.63, 3.8) is 0 Å². The predicted octanol–water partition coefficient (Wildman–Crippen LogP) is 1.71. The number of methoxy groups -OCH3 is 2. The van der Waals surface area contributed by atoms with Crippen molar-refractivity contribution in [2.45, 2.75) is 25.4 Å². The molecule has 2 saturated heterocycles. The van der Waals surface area contributed by atoms with E-state index in [-0.39, 0.29) is 6.03 Å². The van der Waals surface area contributed by atoms with Crippen molar-refractivity contribution in [2.75, 3.05) is 53.6 Å². The highest BCUT2D eigenvalue weighted by atomic mass is 16.5. The van der Waals surface area contributed by atoms with Gasteiger partial charge in [0.15, 0.2) is 11.5 Å². The van der Waals surface area contributed by atoms with Crippen LogP contribution in [0.3, 0.4) is 0 Å².